The fourth-order valence-electron chi connectivity index (χ4n) is 7.24. The van der Waals surface area contributed by atoms with Gasteiger partial charge in [0.25, 0.3) is 0 Å². The van der Waals surface area contributed by atoms with Crippen molar-refractivity contribution in [1.82, 2.24) is 12.9 Å². The third-order valence-corrected chi connectivity index (χ3v) is 16.1. The van der Waals surface area contributed by atoms with Crippen LogP contribution >= 0.6 is 23.2 Å². The van der Waals surface area contributed by atoms with E-state index in [1.807, 2.05) is 0 Å². The number of amides is 3. The molecule has 3 aliphatic rings. The van der Waals surface area contributed by atoms with Crippen LogP contribution in [0, 0.1) is 35.2 Å². The largest absolute Gasteiger partial charge is 0.419 e. The van der Waals surface area contributed by atoms with Crippen molar-refractivity contribution in [3.63, 3.8) is 0 Å². The second kappa shape index (κ2) is 23.5. The van der Waals surface area contributed by atoms with E-state index in [-0.39, 0.29) is 64.3 Å². The first-order valence-electron chi connectivity index (χ1n) is 20.7. The molecule has 0 bridgehead atoms. The molecule has 0 spiro atoms. The fraction of sp³-hybridized carbons (Fsp3) is 0.488. The van der Waals surface area contributed by atoms with E-state index in [0.717, 1.165) is 18.6 Å². The number of hydrogen-bond acceptors (Lipinski definition) is 9. The van der Waals surface area contributed by atoms with Gasteiger partial charge < -0.3 is 16.0 Å². The topological polar surface area (TPSA) is 199 Å². The lowest BCUT2D eigenvalue weighted by atomic mass is 9.98. The molecule has 3 aliphatic heterocycles. The van der Waals surface area contributed by atoms with Crippen LogP contribution in [-0.4, -0.2) is 113 Å². The van der Waals surface area contributed by atoms with Gasteiger partial charge in [-0.3, -0.25) is 14.4 Å². The van der Waals surface area contributed by atoms with Crippen molar-refractivity contribution in [2.75, 3.05) is 73.5 Å². The molecular weight excluding hydrogens is 1000 g/mol. The molecule has 15 nitrogen and oxygen atoms in total. The number of halogens is 8. The van der Waals surface area contributed by atoms with Crippen molar-refractivity contribution in [1.29, 1.82) is 0 Å². The Balaban J connectivity index is 0.000000220. The average Bonchev–Trinajstić information content (AvgIpc) is 3.26. The van der Waals surface area contributed by atoms with E-state index in [2.05, 4.69) is 16.0 Å². The van der Waals surface area contributed by atoms with Gasteiger partial charge in [0.05, 0.1) is 63.0 Å². The second-order valence-electron chi connectivity index (χ2n) is 15.9. The third-order valence-electron chi connectivity index (χ3n) is 10.9. The van der Waals surface area contributed by atoms with Gasteiger partial charge in [-0.1, -0.05) is 35.3 Å². The predicted molar refractivity (Wildman–Crippen MR) is 242 cm³/mol. The molecule has 0 aliphatic carbocycles. The van der Waals surface area contributed by atoms with E-state index >= 15 is 0 Å². The Labute approximate surface area is 395 Å². The Hall–Kier alpha value is -4.04. The number of carbonyl (C=O) groups is 3. The molecule has 3 fully saturated rings. The fourth-order valence-corrected chi connectivity index (χ4v) is 10.6. The van der Waals surface area contributed by atoms with Crippen molar-refractivity contribution in [2.45, 2.75) is 51.6 Å². The Kier molecular flexibility index (Phi) is 19.5. The molecule has 3 atom stereocenters. The number of piperidine rings is 3. The molecule has 26 heteroatoms. The molecule has 67 heavy (non-hydrogen) atoms. The highest BCUT2D eigenvalue weighted by atomic mass is 35.5. The molecule has 372 valence electrons. The van der Waals surface area contributed by atoms with Gasteiger partial charge in [-0.15, -0.1) is 0 Å². The molecular formula is C41H50Cl2F6N6O9S3. The van der Waals surface area contributed by atoms with Gasteiger partial charge in [-0.25, -0.2) is 51.3 Å². The minimum absolute atomic E-state index is 0.00617. The van der Waals surface area contributed by atoms with Gasteiger partial charge in [-0.2, -0.15) is 13.2 Å². The Morgan fingerprint density at radius 2 is 1.00 bits per heavy atom. The van der Waals surface area contributed by atoms with E-state index in [1.54, 1.807) is 6.92 Å². The highest BCUT2D eigenvalue weighted by Crippen LogP contribution is 2.33. The van der Waals surface area contributed by atoms with Crippen molar-refractivity contribution >= 4 is 88.1 Å². The number of sulfonamides is 3. The maximum atomic E-state index is 13.5. The SMILES string of the molecule is CCS(=O)(=O)N1CCC[C@H](C(=O)Nc2cccc(F)c2Cl)C1.CS(=O)(=O)N1CCC[C@H](C(=O)Nc2ccc(C(F)(F)F)c(F)c2)C1.CS(=O)(=O)N1CCC[C@H](C(=O)Nc2cccc(F)c2Cl)C1. The molecule has 6 rings (SSSR count). The molecule has 3 heterocycles. The lowest BCUT2D eigenvalue weighted by Crippen LogP contribution is -2.44. The molecule has 3 saturated heterocycles. The van der Waals surface area contributed by atoms with Crippen molar-refractivity contribution in [3.05, 3.63) is 87.7 Å². The molecule has 0 aromatic heterocycles. The van der Waals surface area contributed by atoms with Crippen LogP contribution in [-0.2, 0) is 50.6 Å². The van der Waals surface area contributed by atoms with Crippen LogP contribution in [0.3, 0.4) is 0 Å². The normalized spacial score (nSPS) is 20.0. The van der Waals surface area contributed by atoms with Gasteiger partial charge in [0, 0.05) is 45.0 Å². The number of nitrogens with one attached hydrogen (secondary N) is 3. The standard InChI is InChI=1S/C14H18ClFN2O3S.C14H16F4N2O3S.C13H16ClFN2O3S/c1-2-22(20,21)18-8-4-5-10(9-18)14(19)17-12-7-3-6-11(16)13(12)15;1-24(22,23)20-6-2-3-9(8-20)13(21)19-10-4-5-11(12(15)7-10)14(16,17)18;1-21(19,20)17-7-3-4-9(8-17)13(18)16-11-6-2-5-10(15)12(11)14/h3,6-7,10H,2,4-5,8-9H2,1H3,(H,17,19);4-5,7,9H,2-3,6,8H2,1H3,(H,19,21);2,5-6,9H,3-4,7-8H2,1H3,(H,16,18)/t10-;2*9-/m000/s1. The van der Waals surface area contributed by atoms with E-state index < -0.39 is 82.9 Å². The Bertz CT molecular complexity index is 2620. The monoisotopic (exact) mass is 1050 g/mol. The quantitative estimate of drug-likeness (QED) is 0.179. The third kappa shape index (κ3) is 16.0. The average molecular weight is 1050 g/mol. The van der Waals surface area contributed by atoms with E-state index in [4.69, 9.17) is 23.2 Å². The van der Waals surface area contributed by atoms with Gasteiger partial charge in [-0.05, 0) is 87.9 Å². The number of benzene rings is 3. The second-order valence-corrected chi connectivity index (χ2v) is 22.9. The molecule has 3 N–H and O–H groups in total. The number of nitrogens with zero attached hydrogens (tertiary/aromatic N) is 3. The minimum atomic E-state index is -4.81. The lowest BCUT2D eigenvalue weighted by Gasteiger charge is -2.31. The number of anilines is 3. The summed E-state index contributed by atoms with van der Waals surface area (Å²) in [4.78, 5) is 36.6. The van der Waals surface area contributed by atoms with Crippen molar-refractivity contribution in [2.24, 2.45) is 17.8 Å². The molecule has 3 aromatic carbocycles. The van der Waals surface area contributed by atoms with Crippen LogP contribution in [0.2, 0.25) is 10.0 Å². The molecule has 0 radical (unpaired) electrons. The van der Waals surface area contributed by atoms with Crippen molar-refractivity contribution in [3.8, 4) is 0 Å². The van der Waals surface area contributed by atoms with Crippen LogP contribution in [0.4, 0.5) is 43.4 Å². The van der Waals surface area contributed by atoms with Gasteiger partial charge >= 0.3 is 6.18 Å². The zero-order valence-electron chi connectivity index (χ0n) is 36.4. The highest BCUT2D eigenvalue weighted by molar-refractivity contribution is 7.89. The Morgan fingerprint density at radius 1 is 0.612 bits per heavy atom. The maximum absolute atomic E-state index is 13.5. The van der Waals surface area contributed by atoms with Crippen LogP contribution in [0.1, 0.15) is 51.0 Å². The molecule has 0 saturated carbocycles. The first kappa shape index (κ1) is 55.6. The van der Waals surface area contributed by atoms with E-state index in [9.17, 15) is 66.0 Å². The summed E-state index contributed by atoms with van der Waals surface area (Å²) in [5, 5.41) is 7.17. The van der Waals surface area contributed by atoms with Crippen LogP contribution in [0.5, 0.6) is 0 Å². The van der Waals surface area contributed by atoms with Gasteiger partial charge in [0.15, 0.2) is 0 Å². The summed E-state index contributed by atoms with van der Waals surface area (Å²) in [5.41, 5.74) is -1.14. The summed E-state index contributed by atoms with van der Waals surface area (Å²) < 4.78 is 151. The zero-order chi connectivity index (χ0) is 50.1. The number of rotatable bonds is 10. The summed E-state index contributed by atoms with van der Waals surface area (Å²) in [5.74, 6) is -5.52. The van der Waals surface area contributed by atoms with E-state index in [1.165, 1.54) is 49.3 Å². The summed E-state index contributed by atoms with van der Waals surface area (Å²) in [6, 6.07) is 10.4. The molecule has 3 amide bonds. The zero-order valence-corrected chi connectivity index (χ0v) is 40.3. The summed E-state index contributed by atoms with van der Waals surface area (Å²) in [6.07, 6.45) is 0.699. The number of alkyl halides is 3. The predicted octanol–water partition coefficient (Wildman–Crippen LogP) is 7.02. The van der Waals surface area contributed by atoms with Crippen molar-refractivity contribution < 1.29 is 66.0 Å². The van der Waals surface area contributed by atoms with Crippen LogP contribution in [0.15, 0.2) is 54.6 Å². The van der Waals surface area contributed by atoms with Gasteiger partial charge in [0.1, 0.15) is 17.5 Å². The number of hydrogen-bond donors (Lipinski definition) is 3. The van der Waals surface area contributed by atoms with E-state index in [0.29, 0.717) is 70.3 Å². The van der Waals surface area contributed by atoms with Crippen LogP contribution < -0.4 is 16.0 Å². The molecule has 3 aromatic rings. The Morgan fingerprint density at radius 3 is 1.37 bits per heavy atom. The first-order chi connectivity index (χ1) is 31.1. The summed E-state index contributed by atoms with van der Waals surface area (Å²) >= 11 is 11.6. The first-order valence-corrected chi connectivity index (χ1v) is 26.7. The smallest absolute Gasteiger partial charge is 0.326 e. The number of carbonyl (C=O) groups excluding carboxylic acids is 3. The minimum Gasteiger partial charge on any atom is -0.326 e. The maximum Gasteiger partial charge on any atom is 0.419 e. The summed E-state index contributed by atoms with van der Waals surface area (Å²) in [7, 11) is -10.0. The van der Waals surface area contributed by atoms with Gasteiger partial charge in [0.2, 0.25) is 47.8 Å². The highest BCUT2D eigenvalue weighted by Gasteiger charge is 2.36. The molecule has 0 unspecified atom stereocenters. The van der Waals surface area contributed by atoms with Crippen LogP contribution in [0.25, 0.3) is 0 Å². The summed E-state index contributed by atoms with van der Waals surface area (Å²) in [6.45, 7) is 3.02. The lowest BCUT2D eigenvalue weighted by molar-refractivity contribution is -0.140.